The molecule has 0 unspecified atom stereocenters. The first-order valence-electron chi connectivity index (χ1n) is 5.57. The number of anilines is 1. The average Bonchev–Trinajstić information content (AvgIpc) is 2.50. The van der Waals surface area contributed by atoms with Gasteiger partial charge in [-0.2, -0.15) is 0 Å². The Balaban J connectivity index is 2.22. The van der Waals surface area contributed by atoms with Crippen LogP contribution >= 0.6 is 15.9 Å². The summed E-state index contributed by atoms with van der Waals surface area (Å²) < 4.78 is 23.1. The van der Waals surface area contributed by atoms with E-state index in [4.69, 9.17) is 0 Å². The predicted molar refractivity (Wildman–Crippen MR) is 72.4 cm³/mol. The standard InChI is InChI=1S/C11H15BrN2O2S/c12-9-10-3-1-4-13-11(10)14-5-2-7-17(15,16)8-6-14/h1,3-4H,2,5-9H2. The second-order valence-corrected chi connectivity index (χ2v) is 6.98. The lowest BCUT2D eigenvalue weighted by molar-refractivity contribution is 0.597. The molecule has 0 aliphatic carbocycles. The van der Waals surface area contributed by atoms with Gasteiger partial charge in [-0.1, -0.05) is 22.0 Å². The first kappa shape index (κ1) is 12.8. The van der Waals surface area contributed by atoms with E-state index in [0.29, 0.717) is 18.7 Å². The smallest absolute Gasteiger partial charge is 0.152 e. The van der Waals surface area contributed by atoms with Crippen molar-refractivity contribution >= 4 is 31.6 Å². The fourth-order valence-corrected chi connectivity index (χ4v) is 3.68. The van der Waals surface area contributed by atoms with Gasteiger partial charge in [0.15, 0.2) is 9.84 Å². The molecule has 6 heteroatoms. The summed E-state index contributed by atoms with van der Waals surface area (Å²) >= 11 is 3.43. The molecule has 0 atom stereocenters. The number of sulfone groups is 1. The lowest BCUT2D eigenvalue weighted by atomic mass is 10.2. The van der Waals surface area contributed by atoms with Crippen LogP contribution in [0.15, 0.2) is 18.3 Å². The molecule has 2 heterocycles. The summed E-state index contributed by atoms with van der Waals surface area (Å²) in [4.78, 5) is 6.43. The quantitative estimate of drug-likeness (QED) is 0.777. The monoisotopic (exact) mass is 318 g/mol. The van der Waals surface area contributed by atoms with Crippen molar-refractivity contribution in [3.05, 3.63) is 23.9 Å². The van der Waals surface area contributed by atoms with E-state index >= 15 is 0 Å². The molecule has 1 aromatic heterocycles. The highest BCUT2D eigenvalue weighted by molar-refractivity contribution is 9.08. The molecular formula is C11H15BrN2O2S. The van der Waals surface area contributed by atoms with Gasteiger partial charge in [-0.25, -0.2) is 13.4 Å². The van der Waals surface area contributed by atoms with Crippen molar-refractivity contribution in [3.63, 3.8) is 0 Å². The van der Waals surface area contributed by atoms with Crippen molar-refractivity contribution in [2.45, 2.75) is 11.8 Å². The Labute approximate surface area is 110 Å². The molecule has 0 radical (unpaired) electrons. The highest BCUT2D eigenvalue weighted by atomic mass is 79.9. The first-order chi connectivity index (χ1) is 8.12. The van der Waals surface area contributed by atoms with E-state index in [-0.39, 0.29) is 5.75 Å². The van der Waals surface area contributed by atoms with Gasteiger partial charge in [-0.05, 0) is 12.5 Å². The minimum Gasteiger partial charge on any atom is -0.355 e. The second-order valence-electron chi connectivity index (χ2n) is 4.11. The Morgan fingerprint density at radius 3 is 2.94 bits per heavy atom. The molecule has 1 fully saturated rings. The molecule has 17 heavy (non-hydrogen) atoms. The maximum atomic E-state index is 11.5. The normalized spacial score (nSPS) is 19.9. The van der Waals surface area contributed by atoms with Gasteiger partial charge in [-0.15, -0.1) is 0 Å². The fraction of sp³-hybridized carbons (Fsp3) is 0.545. The fourth-order valence-electron chi connectivity index (χ4n) is 1.97. The lowest BCUT2D eigenvalue weighted by Crippen LogP contribution is -2.28. The molecule has 0 bridgehead atoms. The largest absolute Gasteiger partial charge is 0.355 e. The van der Waals surface area contributed by atoms with E-state index in [2.05, 4.69) is 25.8 Å². The highest BCUT2D eigenvalue weighted by Crippen LogP contribution is 2.21. The zero-order valence-electron chi connectivity index (χ0n) is 9.47. The van der Waals surface area contributed by atoms with Crippen LogP contribution in [0.1, 0.15) is 12.0 Å². The molecule has 0 spiro atoms. The topological polar surface area (TPSA) is 50.3 Å². The second kappa shape index (κ2) is 5.35. The Hall–Kier alpha value is -0.620. The number of halogens is 1. The number of hydrogen-bond acceptors (Lipinski definition) is 4. The summed E-state index contributed by atoms with van der Waals surface area (Å²) in [6.45, 7) is 1.30. The van der Waals surface area contributed by atoms with Gasteiger partial charge in [0, 0.05) is 30.2 Å². The number of alkyl halides is 1. The molecule has 0 saturated carbocycles. The molecule has 1 aromatic rings. The van der Waals surface area contributed by atoms with Gasteiger partial charge in [0.1, 0.15) is 5.82 Å². The Kier molecular flexibility index (Phi) is 4.04. The summed E-state index contributed by atoms with van der Waals surface area (Å²) in [5, 5.41) is 0.736. The van der Waals surface area contributed by atoms with Crippen molar-refractivity contribution in [2.75, 3.05) is 29.5 Å². The summed E-state index contributed by atoms with van der Waals surface area (Å²) in [7, 11) is -2.86. The summed E-state index contributed by atoms with van der Waals surface area (Å²) in [5.41, 5.74) is 1.10. The molecule has 0 amide bonds. The number of nitrogens with zero attached hydrogens (tertiary/aromatic N) is 2. The highest BCUT2D eigenvalue weighted by Gasteiger charge is 2.21. The number of pyridine rings is 1. The van der Waals surface area contributed by atoms with Crippen molar-refractivity contribution in [1.82, 2.24) is 4.98 Å². The molecular weight excluding hydrogens is 304 g/mol. The number of rotatable bonds is 2. The van der Waals surface area contributed by atoms with Crippen molar-refractivity contribution in [1.29, 1.82) is 0 Å². The van der Waals surface area contributed by atoms with Crippen LogP contribution < -0.4 is 4.90 Å². The van der Waals surface area contributed by atoms with Gasteiger partial charge in [0.05, 0.1) is 11.5 Å². The predicted octanol–water partition coefficient (Wildman–Crippen LogP) is 1.60. The van der Waals surface area contributed by atoms with Gasteiger partial charge in [0.25, 0.3) is 0 Å². The third-order valence-electron chi connectivity index (χ3n) is 2.87. The zero-order valence-corrected chi connectivity index (χ0v) is 11.9. The number of hydrogen-bond donors (Lipinski definition) is 0. The molecule has 0 N–H and O–H groups in total. The number of aromatic nitrogens is 1. The molecule has 0 aromatic carbocycles. The van der Waals surface area contributed by atoms with E-state index in [1.165, 1.54) is 0 Å². The first-order valence-corrected chi connectivity index (χ1v) is 8.52. The van der Waals surface area contributed by atoms with Crippen LogP contribution in [0.2, 0.25) is 0 Å². The Bertz CT molecular complexity index is 490. The molecule has 1 aliphatic rings. The van der Waals surface area contributed by atoms with E-state index < -0.39 is 9.84 Å². The van der Waals surface area contributed by atoms with Gasteiger partial charge in [-0.3, -0.25) is 0 Å². The molecule has 1 saturated heterocycles. The van der Waals surface area contributed by atoms with Gasteiger partial charge < -0.3 is 4.90 Å². The van der Waals surface area contributed by atoms with E-state index in [1.807, 2.05) is 12.1 Å². The minimum atomic E-state index is -2.86. The van der Waals surface area contributed by atoms with Crippen LogP contribution in [0.25, 0.3) is 0 Å². The van der Waals surface area contributed by atoms with E-state index in [9.17, 15) is 8.42 Å². The third-order valence-corrected chi connectivity index (χ3v) is 5.19. The zero-order chi connectivity index (χ0) is 12.3. The molecule has 1 aliphatic heterocycles. The SMILES string of the molecule is O=S1(=O)CCCN(c2ncccc2CBr)CC1. The third kappa shape index (κ3) is 3.19. The molecule has 2 rings (SSSR count). The Morgan fingerprint density at radius 1 is 1.35 bits per heavy atom. The van der Waals surface area contributed by atoms with Crippen molar-refractivity contribution < 1.29 is 8.42 Å². The van der Waals surface area contributed by atoms with Crippen LogP contribution in [0.4, 0.5) is 5.82 Å². The molecule has 4 nitrogen and oxygen atoms in total. The van der Waals surface area contributed by atoms with Crippen LogP contribution in [0, 0.1) is 0 Å². The van der Waals surface area contributed by atoms with Crippen molar-refractivity contribution in [3.8, 4) is 0 Å². The van der Waals surface area contributed by atoms with Gasteiger partial charge >= 0.3 is 0 Å². The maximum absolute atomic E-state index is 11.5. The Morgan fingerprint density at radius 2 is 2.18 bits per heavy atom. The van der Waals surface area contributed by atoms with Crippen LogP contribution in [-0.4, -0.2) is 38.0 Å². The van der Waals surface area contributed by atoms with Crippen LogP contribution in [0.3, 0.4) is 0 Å². The van der Waals surface area contributed by atoms with Crippen LogP contribution in [0.5, 0.6) is 0 Å². The van der Waals surface area contributed by atoms with E-state index in [0.717, 1.165) is 23.3 Å². The minimum absolute atomic E-state index is 0.227. The molecule has 94 valence electrons. The summed E-state index contributed by atoms with van der Waals surface area (Å²) in [5.74, 6) is 1.42. The summed E-state index contributed by atoms with van der Waals surface area (Å²) in [6.07, 6.45) is 2.43. The average molecular weight is 319 g/mol. The van der Waals surface area contributed by atoms with Crippen LogP contribution in [-0.2, 0) is 15.2 Å². The lowest BCUT2D eigenvalue weighted by Gasteiger charge is -2.22. The van der Waals surface area contributed by atoms with Crippen molar-refractivity contribution in [2.24, 2.45) is 0 Å². The maximum Gasteiger partial charge on any atom is 0.152 e. The van der Waals surface area contributed by atoms with E-state index in [1.54, 1.807) is 6.20 Å². The van der Waals surface area contributed by atoms with Gasteiger partial charge in [0.2, 0.25) is 0 Å². The summed E-state index contributed by atoms with van der Waals surface area (Å²) in [6, 6.07) is 3.91.